The van der Waals surface area contributed by atoms with Crippen molar-refractivity contribution in [3.05, 3.63) is 64.3 Å². The second kappa shape index (κ2) is 7.04. The van der Waals surface area contributed by atoms with Crippen LogP contribution in [0.5, 0.6) is 0 Å². The number of rotatable bonds is 4. The third-order valence-electron chi connectivity index (χ3n) is 3.03. The SMILES string of the molecule is C=C/C=c1/nc(NCc2ccccc2Cl)ncc1=C(C)C. The van der Waals surface area contributed by atoms with Crippen LogP contribution in [-0.2, 0) is 6.54 Å². The zero-order valence-corrected chi connectivity index (χ0v) is 13.0. The van der Waals surface area contributed by atoms with Crippen molar-refractivity contribution in [2.75, 3.05) is 5.32 Å². The van der Waals surface area contributed by atoms with Crippen molar-refractivity contribution in [1.29, 1.82) is 0 Å². The summed E-state index contributed by atoms with van der Waals surface area (Å²) in [5, 5.41) is 5.82. The average Bonchev–Trinajstić information content (AvgIpc) is 2.46. The lowest BCUT2D eigenvalue weighted by Crippen LogP contribution is -2.31. The molecule has 21 heavy (non-hydrogen) atoms. The van der Waals surface area contributed by atoms with E-state index in [9.17, 15) is 0 Å². The molecule has 0 aliphatic carbocycles. The van der Waals surface area contributed by atoms with Crippen molar-refractivity contribution in [2.24, 2.45) is 0 Å². The van der Waals surface area contributed by atoms with Crippen LogP contribution in [0.15, 0.2) is 43.1 Å². The molecule has 1 aromatic carbocycles. The Labute approximate surface area is 129 Å². The third-order valence-corrected chi connectivity index (χ3v) is 3.40. The van der Waals surface area contributed by atoms with Gasteiger partial charge in [0.05, 0.1) is 5.35 Å². The van der Waals surface area contributed by atoms with Crippen LogP contribution in [0.25, 0.3) is 11.6 Å². The van der Waals surface area contributed by atoms with Crippen LogP contribution in [0.1, 0.15) is 19.4 Å². The standard InChI is InChI=1S/C17H18ClN3/c1-4-7-16-14(12(2)3)11-20-17(21-16)19-10-13-8-5-6-9-15(13)18/h4-9,11H,1,10H2,2-3H3,(H,19,21)/b16-7+. The topological polar surface area (TPSA) is 37.8 Å². The van der Waals surface area contributed by atoms with Crippen molar-refractivity contribution in [2.45, 2.75) is 20.4 Å². The molecule has 0 saturated heterocycles. The van der Waals surface area contributed by atoms with E-state index in [1.807, 2.05) is 50.4 Å². The summed E-state index contributed by atoms with van der Waals surface area (Å²) in [4.78, 5) is 8.86. The van der Waals surface area contributed by atoms with Crippen LogP contribution in [-0.4, -0.2) is 9.97 Å². The molecule has 0 saturated carbocycles. The van der Waals surface area contributed by atoms with Gasteiger partial charge in [-0.25, -0.2) is 9.97 Å². The molecule has 2 aromatic rings. The van der Waals surface area contributed by atoms with Crippen LogP contribution in [0.4, 0.5) is 5.95 Å². The molecule has 3 nitrogen and oxygen atoms in total. The number of halogens is 1. The minimum atomic E-state index is 0.577. The fraction of sp³-hybridized carbons (Fsp3) is 0.176. The highest BCUT2D eigenvalue weighted by atomic mass is 35.5. The summed E-state index contributed by atoms with van der Waals surface area (Å²) in [6, 6.07) is 7.71. The first-order valence-corrected chi connectivity index (χ1v) is 7.10. The first-order valence-electron chi connectivity index (χ1n) is 6.72. The summed E-state index contributed by atoms with van der Waals surface area (Å²) in [6.07, 6.45) is 5.43. The van der Waals surface area contributed by atoms with E-state index in [1.165, 1.54) is 5.57 Å². The monoisotopic (exact) mass is 299 g/mol. The molecule has 0 amide bonds. The van der Waals surface area contributed by atoms with E-state index >= 15 is 0 Å². The van der Waals surface area contributed by atoms with Gasteiger partial charge in [0.15, 0.2) is 0 Å². The predicted octanol–water partition coefficient (Wildman–Crippen LogP) is 2.90. The largest absolute Gasteiger partial charge is 0.350 e. The lowest BCUT2D eigenvalue weighted by molar-refractivity contribution is 1.02. The van der Waals surface area contributed by atoms with E-state index in [2.05, 4.69) is 21.9 Å². The molecule has 0 unspecified atom stereocenters. The van der Waals surface area contributed by atoms with Crippen molar-refractivity contribution in [3.8, 4) is 0 Å². The van der Waals surface area contributed by atoms with Gasteiger partial charge < -0.3 is 5.32 Å². The molecule has 0 radical (unpaired) electrons. The molecule has 4 heteroatoms. The molecule has 1 N–H and O–H groups in total. The Balaban J connectivity index is 2.29. The Morgan fingerprint density at radius 2 is 2.10 bits per heavy atom. The predicted molar refractivity (Wildman–Crippen MR) is 89.5 cm³/mol. The van der Waals surface area contributed by atoms with Crippen LogP contribution in [0, 0.1) is 0 Å². The van der Waals surface area contributed by atoms with Gasteiger partial charge in [0.1, 0.15) is 0 Å². The second-order valence-electron chi connectivity index (χ2n) is 4.84. The summed E-state index contributed by atoms with van der Waals surface area (Å²) < 4.78 is 0. The minimum Gasteiger partial charge on any atom is -0.350 e. The van der Waals surface area contributed by atoms with Gasteiger partial charge in [0, 0.05) is 23.0 Å². The molecule has 2 rings (SSSR count). The highest BCUT2D eigenvalue weighted by molar-refractivity contribution is 6.31. The molecular weight excluding hydrogens is 282 g/mol. The van der Waals surface area contributed by atoms with E-state index in [1.54, 1.807) is 6.08 Å². The average molecular weight is 300 g/mol. The summed E-state index contributed by atoms with van der Waals surface area (Å²) in [5.41, 5.74) is 2.18. The number of anilines is 1. The fourth-order valence-electron chi connectivity index (χ4n) is 1.92. The molecule has 1 aromatic heterocycles. The molecule has 1 heterocycles. The molecule has 0 spiro atoms. The molecule has 0 bridgehead atoms. The van der Waals surface area contributed by atoms with E-state index in [0.29, 0.717) is 12.5 Å². The van der Waals surface area contributed by atoms with Crippen LogP contribution in [0.2, 0.25) is 5.02 Å². The summed E-state index contributed by atoms with van der Waals surface area (Å²) in [7, 11) is 0. The Morgan fingerprint density at radius 3 is 2.76 bits per heavy atom. The highest BCUT2D eigenvalue weighted by Crippen LogP contribution is 2.15. The van der Waals surface area contributed by atoms with Gasteiger partial charge in [-0.05, 0) is 31.6 Å². The first-order chi connectivity index (χ1) is 10.1. The highest BCUT2D eigenvalue weighted by Gasteiger charge is 2.01. The minimum absolute atomic E-state index is 0.577. The van der Waals surface area contributed by atoms with Gasteiger partial charge in [-0.3, -0.25) is 0 Å². The first kappa shape index (κ1) is 15.3. The van der Waals surface area contributed by atoms with Gasteiger partial charge in [-0.1, -0.05) is 48.0 Å². The Bertz CT molecular complexity index is 762. The molecule has 0 fully saturated rings. The molecule has 0 aliphatic heterocycles. The van der Waals surface area contributed by atoms with Gasteiger partial charge in [0.2, 0.25) is 5.95 Å². The molecular formula is C17H18ClN3. The lowest BCUT2D eigenvalue weighted by atomic mass is 10.2. The zero-order valence-electron chi connectivity index (χ0n) is 12.2. The maximum Gasteiger partial charge on any atom is 0.223 e. The van der Waals surface area contributed by atoms with Crippen LogP contribution < -0.4 is 15.9 Å². The Morgan fingerprint density at radius 1 is 1.33 bits per heavy atom. The maximum atomic E-state index is 6.13. The number of aromatic nitrogens is 2. The number of nitrogens with one attached hydrogen (secondary N) is 1. The number of hydrogen-bond donors (Lipinski definition) is 1. The Kier molecular flexibility index (Phi) is 5.12. The van der Waals surface area contributed by atoms with Gasteiger partial charge in [0.25, 0.3) is 0 Å². The van der Waals surface area contributed by atoms with E-state index < -0.39 is 0 Å². The van der Waals surface area contributed by atoms with Crippen molar-refractivity contribution in [1.82, 2.24) is 9.97 Å². The smallest absolute Gasteiger partial charge is 0.223 e. The summed E-state index contributed by atoms with van der Waals surface area (Å²) >= 11 is 6.13. The number of allylic oxidation sites excluding steroid dienone is 1. The lowest BCUT2D eigenvalue weighted by Gasteiger charge is -2.06. The third kappa shape index (κ3) is 3.92. The number of nitrogens with zero attached hydrogens (tertiary/aromatic N) is 2. The quantitative estimate of drug-likeness (QED) is 0.943. The Hall–Kier alpha value is -2.13. The van der Waals surface area contributed by atoms with Gasteiger partial charge in [-0.2, -0.15) is 0 Å². The summed E-state index contributed by atoms with van der Waals surface area (Å²) in [6.45, 7) is 8.39. The van der Waals surface area contributed by atoms with Crippen molar-refractivity contribution >= 4 is 29.2 Å². The van der Waals surface area contributed by atoms with E-state index in [-0.39, 0.29) is 0 Å². The zero-order chi connectivity index (χ0) is 15.2. The van der Waals surface area contributed by atoms with Crippen LogP contribution in [0.3, 0.4) is 0 Å². The number of benzene rings is 1. The molecule has 0 atom stereocenters. The molecule has 0 aliphatic rings. The van der Waals surface area contributed by atoms with Crippen molar-refractivity contribution < 1.29 is 0 Å². The normalized spacial score (nSPS) is 11.3. The van der Waals surface area contributed by atoms with Gasteiger partial charge in [-0.15, -0.1) is 0 Å². The van der Waals surface area contributed by atoms with Crippen LogP contribution >= 0.6 is 11.6 Å². The maximum absolute atomic E-state index is 6.13. The molecule has 108 valence electrons. The second-order valence-corrected chi connectivity index (χ2v) is 5.25. The van der Waals surface area contributed by atoms with Crippen molar-refractivity contribution in [3.63, 3.8) is 0 Å². The fourth-order valence-corrected chi connectivity index (χ4v) is 2.12. The van der Waals surface area contributed by atoms with E-state index in [0.717, 1.165) is 21.2 Å². The number of hydrogen-bond acceptors (Lipinski definition) is 3. The van der Waals surface area contributed by atoms with E-state index in [4.69, 9.17) is 11.6 Å². The van der Waals surface area contributed by atoms with Gasteiger partial charge >= 0.3 is 0 Å². The summed E-state index contributed by atoms with van der Waals surface area (Å²) in [5.74, 6) is 0.577.